The van der Waals surface area contributed by atoms with E-state index in [2.05, 4.69) is 10.6 Å². The average molecular weight is 338 g/mol. The number of ether oxygens (including phenoxy) is 1. The molecule has 0 unspecified atom stereocenters. The number of carbonyl (C=O) groups excluding carboxylic acids is 2. The second kappa shape index (κ2) is 8.00. The molecule has 8 heteroatoms. The van der Waals surface area contributed by atoms with Gasteiger partial charge in [-0.05, 0) is 24.3 Å². The Morgan fingerprint density at radius 3 is 2.38 bits per heavy atom. The highest BCUT2D eigenvalue weighted by Gasteiger charge is 2.09. The van der Waals surface area contributed by atoms with Crippen molar-refractivity contribution in [3.05, 3.63) is 59.9 Å². The molecule has 0 bridgehead atoms. The zero-order chi connectivity index (χ0) is 17.5. The second-order valence-corrected chi connectivity index (χ2v) is 4.67. The first-order chi connectivity index (χ1) is 11.5. The molecule has 2 N–H and O–H groups in total. The molecule has 0 saturated heterocycles. The summed E-state index contributed by atoms with van der Waals surface area (Å²) < 4.78 is 44.0. The SMILES string of the molecule is O=C(COc1ccccc1F)NCC(=O)Nc1ccc(F)c(F)c1. The normalized spacial score (nSPS) is 10.1. The van der Waals surface area contributed by atoms with E-state index in [1.807, 2.05) is 0 Å². The lowest BCUT2D eigenvalue weighted by Crippen LogP contribution is -2.35. The number of anilines is 1. The Balaban J connectivity index is 1.76. The molecule has 5 nitrogen and oxygen atoms in total. The van der Waals surface area contributed by atoms with Gasteiger partial charge in [0, 0.05) is 11.8 Å². The highest BCUT2D eigenvalue weighted by atomic mass is 19.2. The molecule has 24 heavy (non-hydrogen) atoms. The fourth-order valence-corrected chi connectivity index (χ4v) is 1.71. The Morgan fingerprint density at radius 1 is 0.917 bits per heavy atom. The first-order valence-electron chi connectivity index (χ1n) is 6.84. The number of nitrogens with one attached hydrogen (secondary N) is 2. The summed E-state index contributed by atoms with van der Waals surface area (Å²) in [4.78, 5) is 23.1. The molecule has 0 aliphatic carbocycles. The summed E-state index contributed by atoms with van der Waals surface area (Å²) in [5.74, 6) is -4.11. The van der Waals surface area contributed by atoms with Gasteiger partial charge in [0.1, 0.15) is 0 Å². The lowest BCUT2D eigenvalue weighted by molar-refractivity contribution is -0.125. The smallest absolute Gasteiger partial charge is 0.258 e. The number of halogens is 3. The zero-order valence-corrected chi connectivity index (χ0v) is 12.3. The Hall–Kier alpha value is -3.03. The molecule has 0 atom stereocenters. The lowest BCUT2D eigenvalue weighted by atomic mass is 10.3. The van der Waals surface area contributed by atoms with Crippen molar-refractivity contribution in [1.82, 2.24) is 5.32 Å². The largest absolute Gasteiger partial charge is 0.481 e. The summed E-state index contributed by atoms with van der Waals surface area (Å²) >= 11 is 0. The third-order valence-electron chi connectivity index (χ3n) is 2.84. The van der Waals surface area contributed by atoms with E-state index < -0.39 is 42.4 Å². The van der Waals surface area contributed by atoms with E-state index >= 15 is 0 Å². The highest BCUT2D eigenvalue weighted by molar-refractivity contribution is 5.94. The monoisotopic (exact) mass is 338 g/mol. The molecule has 0 aliphatic heterocycles. The molecule has 126 valence electrons. The molecule has 2 aromatic carbocycles. The minimum Gasteiger partial charge on any atom is -0.481 e. The standard InChI is InChI=1S/C16H13F3N2O3/c17-11-6-5-10(7-13(11)19)21-15(22)8-20-16(23)9-24-14-4-2-1-3-12(14)18/h1-7H,8-9H2,(H,20,23)(H,21,22). The molecule has 0 aromatic heterocycles. The van der Waals surface area contributed by atoms with Gasteiger partial charge in [-0.3, -0.25) is 9.59 Å². The van der Waals surface area contributed by atoms with Crippen LogP contribution in [0.5, 0.6) is 5.75 Å². The van der Waals surface area contributed by atoms with Crippen LogP contribution in [0, 0.1) is 17.5 Å². The van der Waals surface area contributed by atoms with Gasteiger partial charge in [-0.15, -0.1) is 0 Å². The second-order valence-electron chi connectivity index (χ2n) is 4.67. The first-order valence-corrected chi connectivity index (χ1v) is 6.84. The fraction of sp³-hybridized carbons (Fsp3) is 0.125. The summed E-state index contributed by atoms with van der Waals surface area (Å²) in [6, 6.07) is 8.43. The molecule has 2 amide bonds. The number of benzene rings is 2. The minimum absolute atomic E-state index is 0.0516. The lowest BCUT2D eigenvalue weighted by Gasteiger charge is -2.09. The van der Waals surface area contributed by atoms with Crippen LogP contribution in [0.3, 0.4) is 0 Å². The third kappa shape index (κ3) is 5.01. The van der Waals surface area contributed by atoms with Crippen LogP contribution in [0.25, 0.3) is 0 Å². The predicted octanol–water partition coefficient (Wildman–Crippen LogP) is 2.24. The fourth-order valence-electron chi connectivity index (χ4n) is 1.71. The summed E-state index contributed by atoms with van der Waals surface area (Å²) in [5.41, 5.74) is 0.0516. The van der Waals surface area contributed by atoms with Crippen molar-refractivity contribution >= 4 is 17.5 Å². The van der Waals surface area contributed by atoms with Crippen LogP contribution in [-0.4, -0.2) is 25.0 Å². The molecule has 0 heterocycles. The van der Waals surface area contributed by atoms with Gasteiger partial charge in [0.2, 0.25) is 5.91 Å². The van der Waals surface area contributed by atoms with Crippen molar-refractivity contribution in [2.24, 2.45) is 0 Å². The van der Waals surface area contributed by atoms with Gasteiger partial charge < -0.3 is 15.4 Å². The number of amides is 2. The van der Waals surface area contributed by atoms with E-state index in [4.69, 9.17) is 4.74 Å². The number of hydrogen-bond acceptors (Lipinski definition) is 3. The van der Waals surface area contributed by atoms with Crippen molar-refractivity contribution in [2.75, 3.05) is 18.5 Å². The van der Waals surface area contributed by atoms with Crippen LogP contribution in [0.2, 0.25) is 0 Å². The molecule has 0 spiro atoms. The molecule has 0 radical (unpaired) electrons. The molecular weight excluding hydrogens is 325 g/mol. The van der Waals surface area contributed by atoms with Gasteiger partial charge in [-0.1, -0.05) is 12.1 Å². The van der Waals surface area contributed by atoms with E-state index in [1.165, 1.54) is 24.3 Å². The Labute approximate surface area is 135 Å². The van der Waals surface area contributed by atoms with Crippen LogP contribution in [-0.2, 0) is 9.59 Å². The van der Waals surface area contributed by atoms with Gasteiger partial charge in [0.05, 0.1) is 6.54 Å². The van der Waals surface area contributed by atoms with Gasteiger partial charge in [-0.2, -0.15) is 0 Å². The minimum atomic E-state index is -1.10. The van der Waals surface area contributed by atoms with Crippen LogP contribution >= 0.6 is 0 Å². The highest BCUT2D eigenvalue weighted by Crippen LogP contribution is 2.15. The van der Waals surface area contributed by atoms with Crippen molar-refractivity contribution in [2.45, 2.75) is 0 Å². The van der Waals surface area contributed by atoms with Gasteiger partial charge in [-0.25, -0.2) is 13.2 Å². The van der Waals surface area contributed by atoms with Gasteiger partial charge >= 0.3 is 0 Å². The van der Waals surface area contributed by atoms with E-state index in [0.717, 1.165) is 12.1 Å². The predicted molar refractivity (Wildman–Crippen MR) is 79.9 cm³/mol. The van der Waals surface area contributed by atoms with Crippen molar-refractivity contribution in [3.8, 4) is 5.75 Å². The van der Waals surface area contributed by atoms with Crippen molar-refractivity contribution < 1.29 is 27.5 Å². The molecule has 0 fully saturated rings. The number of carbonyl (C=O) groups is 2. The summed E-state index contributed by atoms with van der Waals surface area (Å²) in [6.45, 7) is -0.877. The third-order valence-corrected chi connectivity index (χ3v) is 2.84. The maximum atomic E-state index is 13.3. The molecule has 0 aliphatic rings. The molecular formula is C16H13F3N2O3. The maximum Gasteiger partial charge on any atom is 0.258 e. The van der Waals surface area contributed by atoms with E-state index in [1.54, 1.807) is 6.07 Å². The number of hydrogen-bond donors (Lipinski definition) is 2. The van der Waals surface area contributed by atoms with E-state index in [0.29, 0.717) is 0 Å². The Kier molecular flexibility index (Phi) is 5.78. The molecule has 0 saturated carbocycles. The van der Waals surface area contributed by atoms with Crippen LogP contribution < -0.4 is 15.4 Å². The maximum absolute atomic E-state index is 13.3. The Bertz CT molecular complexity index is 753. The van der Waals surface area contributed by atoms with Crippen molar-refractivity contribution in [3.63, 3.8) is 0 Å². The zero-order valence-electron chi connectivity index (χ0n) is 12.3. The van der Waals surface area contributed by atoms with Crippen LogP contribution in [0.4, 0.5) is 18.9 Å². The number of rotatable bonds is 6. The first kappa shape index (κ1) is 17.3. The van der Waals surface area contributed by atoms with Gasteiger partial charge in [0.25, 0.3) is 5.91 Å². The summed E-state index contributed by atoms with van der Waals surface area (Å²) in [6.07, 6.45) is 0. The van der Waals surface area contributed by atoms with E-state index in [-0.39, 0.29) is 11.4 Å². The summed E-state index contributed by atoms with van der Waals surface area (Å²) in [5, 5.41) is 4.54. The topological polar surface area (TPSA) is 67.4 Å². The summed E-state index contributed by atoms with van der Waals surface area (Å²) in [7, 11) is 0. The van der Waals surface area contributed by atoms with Crippen molar-refractivity contribution in [1.29, 1.82) is 0 Å². The number of para-hydroxylation sites is 1. The quantitative estimate of drug-likeness (QED) is 0.849. The van der Waals surface area contributed by atoms with E-state index in [9.17, 15) is 22.8 Å². The van der Waals surface area contributed by atoms with Crippen LogP contribution in [0.15, 0.2) is 42.5 Å². The Morgan fingerprint density at radius 2 is 1.67 bits per heavy atom. The molecule has 2 aromatic rings. The van der Waals surface area contributed by atoms with Crippen LogP contribution in [0.1, 0.15) is 0 Å². The average Bonchev–Trinajstić information content (AvgIpc) is 2.55. The van der Waals surface area contributed by atoms with Gasteiger partial charge in [0.15, 0.2) is 29.8 Å². The molecule has 2 rings (SSSR count).